The molecule has 0 aromatic rings. The van der Waals surface area contributed by atoms with Crippen LogP contribution in [-0.4, -0.2) is 32.7 Å². The minimum Gasteiger partial charge on any atom is -0.416 e. The number of nitrogens with zero attached hydrogens (tertiary/aromatic N) is 3. The topological polar surface area (TPSA) is 78.2 Å². The third-order valence-electron chi connectivity index (χ3n) is 2.87. The molecule has 0 amide bonds. The lowest BCUT2D eigenvalue weighted by atomic mass is 10.2. The quantitative estimate of drug-likeness (QED) is 0.342. The van der Waals surface area contributed by atoms with Crippen molar-refractivity contribution in [3.63, 3.8) is 0 Å². The van der Waals surface area contributed by atoms with Crippen molar-refractivity contribution in [3.05, 3.63) is 10.4 Å². The van der Waals surface area contributed by atoms with Crippen molar-refractivity contribution in [2.75, 3.05) is 13.2 Å². The standard InChI is InChI=1S/C9H21N3O2Si/c1-9(2,3)15(4,5)14-7-8(6-13)11-12-10/h8,13H,6-7H2,1-5H3/t8-/m0/s1. The van der Waals surface area contributed by atoms with Gasteiger partial charge in [0, 0.05) is 11.5 Å². The van der Waals surface area contributed by atoms with Crippen molar-refractivity contribution < 1.29 is 9.53 Å². The molecule has 0 aromatic carbocycles. The molecule has 0 spiro atoms. The number of aliphatic hydroxyl groups excluding tert-OH is 1. The average Bonchev–Trinajstić information content (AvgIpc) is 2.10. The molecule has 6 heteroatoms. The zero-order valence-electron chi connectivity index (χ0n) is 10.2. The van der Waals surface area contributed by atoms with Gasteiger partial charge in [-0.05, 0) is 23.7 Å². The molecule has 0 aliphatic heterocycles. The number of hydrogen-bond acceptors (Lipinski definition) is 3. The van der Waals surface area contributed by atoms with Crippen molar-refractivity contribution in [3.8, 4) is 0 Å². The molecule has 1 atom stereocenters. The number of azide groups is 1. The molecule has 0 saturated carbocycles. The Morgan fingerprint density at radius 2 is 2.00 bits per heavy atom. The van der Waals surface area contributed by atoms with E-state index in [9.17, 15) is 0 Å². The van der Waals surface area contributed by atoms with Gasteiger partial charge in [-0.1, -0.05) is 25.9 Å². The Bertz CT molecular complexity index is 244. The summed E-state index contributed by atoms with van der Waals surface area (Å²) in [6, 6.07) is -0.468. The molecular weight excluding hydrogens is 210 g/mol. The van der Waals surface area contributed by atoms with E-state index in [1.54, 1.807) is 0 Å². The monoisotopic (exact) mass is 231 g/mol. The van der Waals surface area contributed by atoms with Crippen molar-refractivity contribution in [1.29, 1.82) is 0 Å². The zero-order valence-corrected chi connectivity index (χ0v) is 11.2. The van der Waals surface area contributed by atoms with Gasteiger partial charge in [-0.15, -0.1) is 0 Å². The fraction of sp³-hybridized carbons (Fsp3) is 1.00. The molecule has 0 saturated heterocycles. The first-order chi connectivity index (χ1) is 6.74. The molecule has 0 aliphatic carbocycles. The minimum absolute atomic E-state index is 0.128. The van der Waals surface area contributed by atoms with Crippen LogP contribution >= 0.6 is 0 Å². The maximum absolute atomic E-state index is 8.93. The largest absolute Gasteiger partial charge is 0.416 e. The van der Waals surface area contributed by atoms with Crippen LogP contribution in [0.15, 0.2) is 5.11 Å². The molecule has 0 bridgehead atoms. The molecule has 0 heterocycles. The van der Waals surface area contributed by atoms with Gasteiger partial charge in [-0.25, -0.2) is 0 Å². The molecule has 5 nitrogen and oxygen atoms in total. The average molecular weight is 231 g/mol. The van der Waals surface area contributed by atoms with E-state index in [0.717, 1.165) is 0 Å². The third kappa shape index (κ3) is 4.66. The molecule has 0 radical (unpaired) electrons. The summed E-state index contributed by atoms with van der Waals surface area (Å²) in [6.45, 7) is 10.8. The lowest BCUT2D eigenvalue weighted by Gasteiger charge is -2.36. The summed E-state index contributed by atoms with van der Waals surface area (Å²) in [5.41, 5.74) is 8.26. The van der Waals surface area contributed by atoms with Crippen LogP contribution in [0.2, 0.25) is 18.1 Å². The van der Waals surface area contributed by atoms with E-state index in [2.05, 4.69) is 43.9 Å². The van der Waals surface area contributed by atoms with Gasteiger partial charge in [0.15, 0.2) is 8.32 Å². The minimum atomic E-state index is -1.81. The summed E-state index contributed by atoms with van der Waals surface area (Å²) in [5, 5.41) is 12.5. The van der Waals surface area contributed by atoms with E-state index in [0.29, 0.717) is 6.61 Å². The third-order valence-corrected chi connectivity index (χ3v) is 7.37. The van der Waals surface area contributed by atoms with Crippen LogP contribution in [0, 0.1) is 0 Å². The summed E-state index contributed by atoms with van der Waals surface area (Å²) >= 11 is 0. The van der Waals surface area contributed by atoms with E-state index in [4.69, 9.17) is 15.1 Å². The van der Waals surface area contributed by atoms with Gasteiger partial charge < -0.3 is 9.53 Å². The van der Waals surface area contributed by atoms with Gasteiger partial charge in [0.2, 0.25) is 0 Å². The predicted molar refractivity (Wildman–Crippen MR) is 63.2 cm³/mol. The van der Waals surface area contributed by atoms with Crippen LogP contribution < -0.4 is 0 Å². The molecule has 0 aliphatic rings. The second-order valence-electron chi connectivity index (χ2n) is 5.11. The predicted octanol–water partition coefficient (Wildman–Crippen LogP) is 2.68. The molecule has 1 N–H and O–H groups in total. The summed E-state index contributed by atoms with van der Waals surface area (Å²) in [4.78, 5) is 2.67. The van der Waals surface area contributed by atoms with Crippen LogP contribution in [0.5, 0.6) is 0 Å². The normalized spacial score (nSPS) is 14.5. The first-order valence-corrected chi connectivity index (χ1v) is 7.94. The molecule has 0 aromatic heterocycles. The Labute approximate surface area is 92.2 Å². The molecular formula is C9H21N3O2Si. The zero-order chi connectivity index (χ0) is 12.1. The van der Waals surface area contributed by atoms with Gasteiger partial charge in [0.1, 0.15) is 0 Å². The Morgan fingerprint density at radius 1 is 1.47 bits per heavy atom. The first kappa shape index (κ1) is 14.4. The van der Waals surface area contributed by atoms with Crippen molar-refractivity contribution >= 4 is 8.32 Å². The number of rotatable bonds is 5. The van der Waals surface area contributed by atoms with Gasteiger partial charge in [-0.3, -0.25) is 0 Å². The summed E-state index contributed by atoms with van der Waals surface area (Å²) in [5.74, 6) is 0. The fourth-order valence-electron chi connectivity index (χ4n) is 0.717. The van der Waals surface area contributed by atoms with Crippen molar-refractivity contribution in [1.82, 2.24) is 0 Å². The Morgan fingerprint density at radius 3 is 2.33 bits per heavy atom. The maximum Gasteiger partial charge on any atom is 0.191 e. The molecule has 0 fully saturated rings. The van der Waals surface area contributed by atoms with E-state index >= 15 is 0 Å². The van der Waals surface area contributed by atoms with Crippen molar-refractivity contribution in [2.45, 2.75) is 44.9 Å². The van der Waals surface area contributed by atoms with Gasteiger partial charge in [0.25, 0.3) is 0 Å². The van der Waals surface area contributed by atoms with Gasteiger partial charge in [0.05, 0.1) is 12.6 Å². The Balaban J connectivity index is 4.30. The summed E-state index contributed by atoms with van der Waals surface area (Å²) in [7, 11) is -1.81. The highest BCUT2D eigenvalue weighted by Crippen LogP contribution is 2.36. The molecule has 88 valence electrons. The summed E-state index contributed by atoms with van der Waals surface area (Å²) in [6.07, 6.45) is 0. The lowest BCUT2D eigenvalue weighted by Crippen LogP contribution is -2.42. The summed E-state index contributed by atoms with van der Waals surface area (Å²) < 4.78 is 5.81. The van der Waals surface area contributed by atoms with E-state index in [1.165, 1.54) is 0 Å². The molecule has 15 heavy (non-hydrogen) atoms. The number of hydrogen-bond donors (Lipinski definition) is 1. The van der Waals surface area contributed by atoms with Crippen LogP contribution in [0.4, 0.5) is 0 Å². The fourth-order valence-corrected chi connectivity index (χ4v) is 1.76. The van der Waals surface area contributed by atoms with Crippen molar-refractivity contribution in [2.24, 2.45) is 5.11 Å². The smallest absolute Gasteiger partial charge is 0.191 e. The molecule has 0 rings (SSSR count). The Hall–Kier alpha value is -0.553. The second kappa shape index (κ2) is 5.51. The van der Waals surface area contributed by atoms with E-state index < -0.39 is 14.4 Å². The number of aliphatic hydroxyl groups is 1. The van der Waals surface area contributed by atoms with E-state index in [1.807, 2.05) is 0 Å². The first-order valence-electron chi connectivity index (χ1n) is 5.03. The van der Waals surface area contributed by atoms with Crippen LogP contribution in [0.3, 0.4) is 0 Å². The molecule has 0 unspecified atom stereocenters. The highest BCUT2D eigenvalue weighted by molar-refractivity contribution is 6.74. The van der Waals surface area contributed by atoms with Crippen LogP contribution in [0.25, 0.3) is 10.4 Å². The highest BCUT2D eigenvalue weighted by atomic mass is 28.4. The highest BCUT2D eigenvalue weighted by Gasteiger charge is 2.37. The lowest BCUT2D eigenvalue weighted by molar-refractivity contribution is 0.196. The van der Waals surface area contributed by atoms with Crippen LogP contribution in [0.1, 0.15) is 20.8 Å². The van der Waals surface area contributed by atoms with Gasteiger partial charge in [-0.2, -0.15) is 0 Å². The Kier molecular flexibility index (Phi) is 5.31. The van der Waals surface area contributed by atoms with Crippen LogP contribution in [-0.2, 0) is 4.43 Å². The van der Waals surface area contributed by atoms with E-state index in [-0.39, 0.29) is 11.6 Å². The maximum atomic E-state index is 8.93. The SMILES string of the molecule is CC(C)(C)[Si](C)(C)OC[C@H](CO)N=[N+]=[N-]. The second-order valence-corrected chi connectivity index (χ2v) is 9.92. The van der Waals surface area contributed by atoms with Gasteiger partial charge >= 0.3 is 0 Å².